The number of hydrazone groups is 1. The van der Waals surface area contributed by atoms with Crippen LogP contribution in [0.25, 0.3) is 16.5 Å². The normalized spacial score (nSPS) is 11.0. The minimum Gasteiger partial charge on any atom is -0.497 e. The van der Waals surface area contributed by atoms with Gasteiger partial charge in [-0.3, -0.25) is 4.79 Å². The maximum absolute atomic E-state index is 12.6. The number of methoxy groups -OCH3 is 1. The zero-order valence-corrected chi connectivity index (χ0v) is 15.4. The fourth-order valence-corrected chi connectivity index (χ4v) is 3.12. The van der Waals surface area contributed by atoms with E-state index in [2.05, 4.69) is 10.5 Å². The van der Waals surface area contributed by atoms with E-state index in [1.165, 1.54) is 0 Å². The van der Waals surface area contributed by atoms with Crippen molar-refractivity contribution < 1.29 is 9.53 Å². The number of carbonyl (C=O) groups is 1. The largest absolute Gasteiger partial charge is 0.497 e. The van der Waals surface area contributed by atoms with E-state index in [1.54, 1.807) is 19.4 Å². The van der Waals surface area contributed by atoms with E-state index in [0.717, 1.165) is 27.9 Å². The van der Waals surface area contributed by atoms with E-state index in [0.29, 0.717) is 5.56 Å². The van der Waals surface area contributed by atoms with Gasteiger partial charge in [0.15, 0.2) is 0 Å². The molecule has 0 saturated carbocycles. The van der Waals surface area contributed by atoms with Crippen molar-refractivity contribution in [1.82, 2.24) is 9.99 Å². The van der Waals surface area contributed by atoms with E-state index >= 15 is 0 Å². The lowest BCUT2D eigenvalue weighted by Crippen LogP contribution is -2.18. The molecule has 4 rings (SSSR count). The molecule has 1 heterocycles. The third-order valence-electron chi connectivity index (χ3n) is 4.53. The van der Waals surface area contributed by atoms with Gasteiger partial charge in [0.25, 0.3) is 5.91 Å². The number of amides is 1. The van der Waals surface area contributed by atoms with E-state index in [4.69, 9.17) is 4.74 Å². The maximum Gasteiger partial charge on any atom is 0.271 e. The number of rotatable bonds is 5. The standard InChI is InChI=1S/C23H19N3O2/c1-28-20-13-11-18(12-14-20)26-15-5-8-19(26)16-24-25-23(27)22-10-4-7-17-6-2-3-9-21(17)22/h2-16H,1H3,(H,25,27)/b24-16-. The SMILES string of the molecule is COc1ccc(-n2cccc2/C=N\NC(=O)c2cccc3ccccc23)cc1. The fraction of sp³-hybridized carbons (Fsp3) is 0.0435. The molecule has 0 fully saturated rings. The molecule has 1 aromatic heterocycles. The Morgan fingerprint density at radius 1 is 0.964 bits per heavy atom. The number of carbonyl (C=O) groups excluding carboxylic acids is 1. The molecule has 0 unspecified atom stereocenters. The topological polar surface area (TPSA) is 55.6 Å². The van der Waals surface area contributed by atoms with Crippen molar-refractivity contribution in [3.63, 3.8) is 0 Å². The molecule has 0 bridgehead atoms. The van der Waals surface area contributed by atoms with Crippen molar-refractivity contribution in [2.24, 2.45) is 5.10 Å². The summed E-state index contributed by atoms with van der Waals surface area (Å²) in [5.74, 6) is 0.559. The highest BCUT2D eigenvalue weighted by molar-refractivity contribution is 6.07. The highest BCUT2D eigenvalue weighted by Crippen LogP contribution is 2.19. The van der Waals surface area contributed by atoms with Crippen LogP contribution in [0.4, 0.5) is 0 Å². The molecular weight excluding hydrogens is 350 g/mol. The van der Waals surface area contributed by atoms with Crippen LogP contribution in [0.2, 0.25) is 0 Å². The number of benzene rings is 3. The number of ether oxygens (including phenoxy) is 1. The second kappa shape index (κ2) is 7.80. The molecule has 5 nitrogen and oxygen atoms in total. The third-order valence-corrected chi connectivity index (χ3v) is 4.53. The van der Waals surface area contributed by atoms with Crippen LogP contribution in [0.5, 0.6) is 5.75 Å². The summed E-state index contributed by atoms with van der Waals surface area (Å²) in [6.45, 7) is 0. The van der Waals surface area contributed by atoms with E-state index in [9.17, 15) is 4.79 Å². The molecule has 4 aromatic rings. The minimum atomic E-state index is -0.240. The lowest BCUT2D eigenvalue weighted by Gasteiger charge is -2.08. The van der Waals surface area contributed by atoms with Gasteiger partial charge >= 0.3 is 0 Å². The molecule has 0 saturated heterocycles. The lowest BCUT2D eigenvalue weighted by molar-refractivity contribution is 0.0957. The monoisotopic (exact) mass is 369 g/mol. The molecule has 5 heteroatoms. The summed E-state index contributed by atoms with van der Waals surface area (Å²) in [6.07, 6.45) is 3.57. The van der Waals surface area contributed by atoms with Crippen LogP contribution in [-0.2, 0) is 0 Å². The van der Waals surface area contributed by atoms with E-state index in [-0.39, 0.29) is 5.91 Å². The smallest absolute Gasteiger partial charge is 0.271 e. The molecule has 28 heavy (non-hydrogen) atoms. The molecule has 0 radical (unpaired) electrons. The van der Waals surface area contributed by atoms with Gasteiger partial charge in [0.2, 0.25) is 0 Å². The summed E-state index contributed by atoms with van der Waals surface area (Å²) in [4.78, 5) is 12.6. The number of fused-ring (bicyclic) bond motifs is 1. The zero-order valence-electron chi connectivity index (χ0n) is 15.4. The Bertz CT molecular complexity index is 1140. The molecule has 0 spiro atoms. The Labute approximate surface area is 162 Å². The number of hydrogen-bond acceptors (Lipinski definition) is 3. The third kappa shape index (κ3) is 3.50. The second-order valence-electron chi connectivity index (χ2n) is 6.23. The average Bonchev–Trinajstić information content (AvgIpc) is 3.22. The average molecular weight is 369 g/mol. The van der Waals surface area contributed by atoms with Crippen LogP contribution >= 0.6 is 0 Å². The Hall–Kier alpha value is -3.86. The highest BCUT2D eigenvalue weighted by atomic mass is 16.5. The molecule has 1 amide bonds. The first kappa shape index (κ1) is 17.5. The van der Waals surface area contributed by atoms with E-state index in [1.807, 2.05) is 83.6 Å². The van der Waals surface area contributed by atoms with Crippen LogP contribution in [0, 0.1) is 0 Å². The van der Waals surface area contributed by atoms with Gasteiger partial charge in [-0.1, -0.05) is 36.4 Å². The summed E-state index contributed by atoms with van der Waals surface area (Å²) < 4.78 is 7.18. The number of hydrogen-bond donors (Lipinski definition) is 1. The first-order valence-electron chi connectivity index (χ1n) is 8.89. The maximum atomic E-state index is 12.6. The van der Waals surface area contributed by atoms with Crippen molar-refractivity contribution in [3.05, 3.63) is 96.3 Å². The van der Waals surface area contributed by atoms with Gasteiger partial charge in [0.05, 0.1) is 19.0 Å². The van der Waals surface area contributed by atoms with Crippen molar-refractivity contribution in [3.8, 4) is 11.4 Å². The van der Waals surface area contributed by atoms with Crippen molar-refractivity contribution >= 4 is 22.9 Å². The summed E-state index contributed by atoms with van der Waals surface area (Å²) in [5.41, 5.74) is 5.05. The van der Waals surface area contributed by atoms with Gasteiger partial charge in [-0.15, -0.1) is 0 Å². The van der Waals surface area contributed by atoms with Crippen LogP contribution in [-0.4, -0.2) is 23.8 Å². The molecule has 0 aliphatic carbocycles. The lowest BCUT2D eigenvalue weighted by atomic mass is 10.0. The van der Waals surface area contributed by atoms with Gasteiger partial charge in [-0.2, -0.15) is 5.10 Å². The van der Waals surface area contributed by atoms with Crippen LogP contribution in [0.1, 0.15) is 16.1 Å². The predicted molar refractivity (Wildman–Crippen MR) is 111 cm³/mol. The molecular formula is C23H19N3O2. The Kier molecular flexibility index (Phi) is 4.89. The number of aromatic nitrogens is 1. The summed E-state index contributed by atoms with van der Waals surface area (Å²) >= 11 is 0. The predicted octanol–water partition coefficient (Wildman–Crippen LogP) is 4.40. The Balaban J connectivity index is 1.52. The van der Waals surface area contributed by atoms with Crippen molar-refractivity contribution in [2.45, 2.75) is 0 Å². The second-order valence-corrected chi connectivity index (χ2v) is 6.23. The van der Waals surface area contributed by atoms with Gasteiger partial charge in [-0.25, -0.2) is 5.43 Å². The van der Waals surface area contributed by atoms with Crippen LogP contribution in [0.15, 0.2) is 90.2 Å². The number of nitrogens with one attached hydrogen (secondary N) is 1. The fourth-order valence-electron chi connectivity index (χ4n) is 3.12. The zero-order chi connectivity index (χ0) is 19.3. The van der Waals surface area contributed by atoms with Crippen molar-refractivity contribution in [2.75, 3.05) is 7.11 Å². The van der Waals surface area contributed by atoms with Crippen LogP contribution < -0.4 is 10.2 Å². The Morgan fingerprint density at radius 2 is 1.75 bits per heavy atom. The molecule has 138 valence electrons. The highest BCUT2D eigenvalue weighted by Gasteiger charge is 2.08. The van der Waals surface area contributed by atoms with Gasteiger partial charge in [-0.05, 0) is 53.2 Å². The summed E-state index contributed by atoms with van der Waals surface area (Å²) in [5, 5.41) is 6.07. The molecule has 0 aliphatic heterocycles. The van der Waals surface area contributed by atoms with E-state index < -0.39 is 0 Å². The molecule has 0 atom stereocenters. The first-order chi connectivity index (χ1) is 13.8. The number of nitrogens with zero attached hydrogens (tertiary/aromatic N) is 2. The summed E-state index contributed by atoms with van der Waals surface area (Å²) in [7, 11) is 1.64. The minimum absolute atomic E-state index is 0.240. The van der Waals surface area contributed by atoms with Crippen LogP contribution in [0.3, 0.4) is 0 Å². The van der Waals surface area contributed by atoms with Crippen molar-refractivity contribution in [1.29, 1.82) is 0 Å². The first-order valence-corrected chi connectivity index (χ1v) is 8.89. The van der Waals surface area contributed by atoms with Gasteiger partial charge < -0.3 is 9.30 Å². The van der Waals surface area contributed by atoms with Gasteiger partial charge in [0, 0.05) is 17.4 Å². The quantitative estimate of drug-likeness (QED) is 0.419. The molecule has 1 N–H and O–H groups in total. The molecule has 0 aliphatic rings. The van der Waals surface area contributed by atoms with Gasteiger partial charge in [0.1, 0.15) is 5.75 Å². The molecule has 3 aromatic carbocycles. The summed E-state index contributed by atoms with van der Waals surface area (Å²) in [6, 6.07) is 25.0. The Morgan fingerprint density at radius 3 is 2.57 bits per heavy atom.